The van der Waals surface area contributed by atoms with Gasteiger partial charge >= 0.3 is 0 Å². The Hall–Kier alpha value is -2.90. The van der Waals surface area contributed by atoms with E-state index in [0.717, 1.165) is 54.0 Å². The molecule has 5 rings (SSSR count). The van der Waals surface area contributed by atoms with Crippen molar-refractivity contribution in [1.82, 2.24) is 20.1 Å². The standard InChI is InChI=1S/C22H20ClN5O2.ClH/c1-29-17-4-2-3-14-6-8-19(25-20(14)17)28-11-9-15(10-12-28)22-26-21(27-30-22)16-5-7-18(23)24-13-16;/h2-8,13,15H,9-12H2,1H3;1H. The minimum Gasteiger partial charge on any atom is -0.494 e. The molecular formula is C22H21Cl2N5O2. The lowest BCUT2D eigenvalue weighted by Gasteiger charge is -2.31. The highest BCUT2D eigenvalue weighted by atomic mass is 35.5. The Morgan fingerprint density at radius 2 is 1.90 bits per heavy atom. The molecule has 1 saturated heterocycles. The molecule has 0 N–H and O–H groups in total. The largest absolute Gasteiger partial charge is 0.494 e. The van der Waals surface area contributed by atoms with Crippen LogP contribution in [0.25, 0.3) is 22.3 Å². The van der Waals surface area contributed by atoms with E-state index in [2.05, 4.69) is 32.2 Å². The Kier molecular flexibility index (Phi) is 6.25. The van der Waals surface area contributed by atoms with E-state index >= 15 is 0 Å². The maximum Gasteiger partial charge on any atom is 0.230 e. The van der Waals surface area contributed by atoms with E-state index in [0.29, 0.717) is 16.9 Å². The molecule has 9 heteroatoms. The molecule has 0 atom stereocenters. The zero-order valence-electron chi connectivity index (χ0n) is 16.9. The van der Waals surface area contributed by atoms with Gasteiger partial charge < -0.3 is 14.2 Å². The number of piperidine rings is 1. The van der Waals surface area contributed by atoms with Crippen LogP contribution in [-0.2, 0) is 0 Å². The van der Waals surface area contributed by atoms with E-state index in [9.17, 15) is 0 Å². The average molecular weight is 458 g/mol. The molecule has 0 unspecified atom stereocenters. The second-order valence-electron chi connectivity index (χ2n) is 7.29. The fourth-order valence-corrected chi connectivity index (χ4v) is 3.94. The Morgan fingerprint density at radius 3 is 2.65 bits per heavy atom. The molecule has 1 fully saturated rings. The molecule has 0 aliphatic carbocycles. The summed E-state index contributed by atoms with van der Waals surface area (Å²) in [6, 6.07) is 13.7. The van der Waals surface area contributed by atoms with Gasteiger partial charge in [0.25, 0.3) is 0 Å². The topological polar surface area (TPSA) is 77.2 Å². The fraction of sp³-hybridized carbons (Fsp3) is 0.273. The van der Waals surface area contributed by atoms with Crippen LogP contribution in [0.2, 0.25) is 5.15 Å². The molecule has 1 aromatic carbocycles. The van der Waals surface area contributed by atoms with Crippen LogP contribution in [0, 0.1) is 0 Å². The summed E-state index contributed by atoms with van der Waals surface area (Å²) in [5.41, 5.74) is 1.68. The second kappa shape index (κ2) is 9.08. The number of nitrogens with zero attached hydrogens (tertiary/aromatic N) is 5. The summed E-state index contributed by atoms with van der Waals surface area (Å²) in [6.45, 7) is 1.75. The lowest BCUT2D eigenvalue weighted by Crippen LogP contribution is -2.33. The van der Waals surface area contributed by atoms with Crippen molar-refractivity contribution in [2.75, 3.05) is 25.1 Å². The van der Waals surface area contributed by atoms with Crippen LogP contribution in [0.3, 0.4) is 0 Å². The van der Waals surface area contributed by atoms with Crippen molar-refractivity contribution in [2.45, 2.75) is 18.8 Å². The summed E-state index contributed by atoms with van der Waals surface area (Å²) in [6.07, 6.45) is 3.50. The number of fused-ring (bicyclic) bond motifs is 1. The van der Waals surface area contributed by atoms with Crippen molar-refractivity contribution in [3.8, 4) is 17.1 Å². The highest BCUT2D eigenvalue weighted by Gasteiger charge is 2.26. The Bertz CT molecular complexity index is 1170. The fourth-order valence-electron chi connectivity index (χ4n) is 3.83. The number of aromatic nitrogens is 4. The van der Waals surface area contributed by atoms with Crippen molar-refractivity contribution >= 4 is 40.7 Å². The number of ether oxygens (including phenoxy) is 1. The maximum absolute atomic E-state index is 5.85. The van der Waals surface area contributed by atoms with E-state index in [1.807, 2.05) is 24.3 Å². The number of halogens is 2. The molecule has 4 aromatic rings. The number of methoxy groups -OCH3 is 1. The van der Waals surface area contributed by atoms with Crippen molar-refractivity contribution in [2.24, 2.45) is 0 Å². The van der Waals surface area contributed by atoms with E-state index < -0.39 is 0 Å². The summed E-state index contributed by atoms with van der Waals surface area (Å²) in [4.78, 5) is 15.8. The van der Waals surface area contributed by atoms with Crippen LogP contribution in [-0.4, -0.2) is 40.3 Å². The SMILES string of the molecule is COc1cccc2ccc(N3CCC(c4nc(-c5ccc(Cl)nc5)no4)CC3)nc12.Cl. The van der Waals surface area contributed by atoms with Crippen LogP contribution in [0.1, 0.15) is 24.7 Å². The molecule has 4 heterocycles. The first-order valence-electron chi connectivity index (χ1n) is 9.85. The average Bonchev–Trinajstić information content (AvgIpc) is 3.29. The zero-order chi connectivity index (χ0) is 20.5. The third-order valence-corrected chi connectivity index (χ3v) is 5.71. The van der Waals surface area contributed by atoms with E-state index in [1.165, 1.54) is 0 Å². The molecule has 7 nitrogen and oxygen atoms in total. The molecule has 1 aliphatic rings. The van der Waals surface area contributed by atoms with Gasteiger partial charge in [0.15, 0.2) is 0 Å². The number of benzene rings is 1. The summed E-state index contributed by atoms with van der Waals surface area (Å²) < 4.78 is 11.0. The third-order valence-electron chi connectivity index (χ3n) is 5.48. The molecule has 3 aromatic heterocycles. The summed E-state index contributed by atoms with van der Waals surface area (Å²) in [5, 5.41) is 5.62. The molecule has 0 radical (unpaired) electrons. The van der Waals surface area contributed by atoms with Crippen molar-refractivity contribution in [3.05, 3.63) is 59.7 Å². The van der Waals surface area contributed by atoms with Crippen molar-refractivity contribution in [3.63, 3.8) is 0 Å². The van der Waals surface area contributed by atoms with Crippen LogP contribution in [0.5, 0.6) is 5.75 Å². The predicted octanol–water partition coefficient (Wildman–Crippen LogP) is 5.15. The lowest BCUT2D eigenvalue weighted by atomic mass is 9.96. The first kappa shape index (κ1) is 21.3. The van der Waals surface area contributed by atoms with Gasteiger partial charge in [-0.05, 0) is 43.2 Å². The number of rotatable bonds is 4. The minimum atomic E-state index is 0. The van der Waals surface area contributed by atoms with Crippen LogP contribution in [0.15, 0.2) is 53.2 Å². The van der Waals surface area contributed by atoms with Gasteiger partial charge in [-0.3, -0.25) is 0 Å². The highest BCUT2D eigenvalue weighted by Crippen LogP contribution is 2.32. The smallest absolute Gasteiger partial charge is 0.230 e. The quantitative estimate of drug-likeness (QED) is 0.392. The van der Waals surface area contributed by atoms with Crippen LogP contribution < -0.4 is 9.64 Å². The summed E-state index contributed by atoms with van der Waals surface area (Å²) in [7, 11) is 1.67. The number of para-hydroxylation sites is 1. The molecule has 31 heavy (non-hydrogen) atoms. The normalized spacial score (nSPS) is 14.5. The van der Waals surface area contributed by atoms with Gasteiger partial charge in [-0.2, -0.15) is 4.98 Å². The molecule has 0 amide bonds. The number of anilines is 1. The predicted molar refractivity (Wildman–Crippen MR) is 122 cm³/mol. The highest BCUT2D eigenvalue weighted by molar-refractivity contribution is 6.29. The zero-order valence-corrected chi connectivity index (χ0v) is 18.4. The van der Waals surface area contributed by atoms with Gasteiger partial charge in [0.1, 0.15) is 22.2 Å². The molecular weight excluding hydrogens is 437 g/mol. The van der Waals surface area contributed by atoms with Crippen molar-refractivity contribution < 1.29 is 9.26 Å². The molecule has 160 valence electrons. The van der Waals surface area contributed by atoms with Gasteiger partial charge in [-0.25, -0.2) is 9.97 Å². The van der Waals surface area contributed by atoms with E-state index in [4.69, 9.17) is 25.8 Å². The Labute approximate surface area is 190 Å². The van der Waals surface area contributed by atoms with Gasteiger partial charge in [0, 0.05) is 36.2 Å². The first-order chi connectivity index (χ1) is 14.7. The van der Waals surface area contributed by atoms with Crippen molar-refractivity contribution in [1.29, 1.82) is 0 Å². The number of hydrogen-bond donors (Lipinski definition) is 0. The molecule has 0 bridgehead atoms. The molecule has 0 saturated carbocycles. The first-order valence-corrected chi connectivity index (χ1v) is 10.2. The third kappa shape index (κ3) is 4.29. The molecule has 0 spiro atoms. The minimum absolute atomic E-state index is 0. The summed E-state index contributed by atoms with van der Waals surface area (Å²) in [5.74, 6) is 3.20. The Balaban J connectivity index is 0.00000231. The van der Waals surface area contributed by atoms with Crippen LogP contribution in [0.4, 0.5) is 5.82 Å². The number of hydrogen-bond acceptors (Lipinski definition) is 7. The Morgan fingerprint density at radius 1 is 1.06 bits per heavy atom. The summed E-state index contributed by atoms with van der Waals surface area (Å²) >= 11 is 5.85. The van der Waals surface area contributed by atoms with E-state index in [-0.39, 0.29) is 18.3 Å². The van der Waals surface area contributed by atoms with Gasteiger partial charge in [-0.1, -0.05) is 28.9 Å². The van der Waals surface area contributed by atoms with Gasteiger partial charge in [0.05, 0.1) is 7.11 Å². The van der Waals surface area contributed by atoms with Gasteiger partial charge in [-0.15, -0.1) is 12.4 Å². The van der Waals surface area contributed by atoms with Gasteiger partial charge in [0.2, 0.25) is 11.7 Å². The maximum atomic E-state index is 5.85. The van der Waals surface area contributed by atoms with Crippen LogP contribution >= 0.6 is 24.0 Å². The monoisotopic (exact) mass is 457 g/mol. The second-order valence-corrected chi connectivity index (χ2v) is 7.68. The van der Waals surface area contributed by atoms with E-state index in [1.54, 1.807) is 19.4 Å². The number of pyridine rings is 2. The molecule has 1 aliphatic heterocycles. The lowest BCUT2D eigenvalue weighted by molar-refractivity contribution is 0.329.